The Morgan fingerprint density at radius 1 is 1.13 bits per heavy atom. The van der Waals surface area contributed by atoms with Crippen molar-refractivity contribution in [1.29, 1.82) is 0 Å². The molecule has 2 heterocycles. The smallest absolute Gasteiger partial charge is 0.0897 e. The van der Waals surface area contributed by atoms with Gasteiger partial charge >= 0.3 is 0 Å². The highest BCUT2D eigenvalue weighted by Gasteiger charge is 2.13. The third kappa shape index (κ3) is 6.16. The Labute approximate surface area is 148 Å². The van der Waals surface area contributed by atoms with Gasteiger partial charge in [0.1, 0.15) is 0 Å². The van der Waals surface area contributed by atoms with Crippen LogP contribution in [0.3, 0.4) is 0 Å². The van der Waals surface area contributed by atoms with E-state index >= 15 is 0 Å². The first-order chi connectivity index (χ1) is 11.1. The van der Waals surface area contributed by atoms with Gasteiger partial charge in [-0.3, -0.25) is 4.90 Å². The van der Waals surface area contributed by atoms with E-state index in [1.54, 1.807) is 22.7 Å². The fourth-order valence-corrected chi connectivity index (χ4v) is 4.38. The highest BCUT2D eigenvalue weighted by molar-refractivity contribution is 7.11. The minimum atomic E-state index is 0.737. The zero-order valence-electron chi connectivity index (χ0n) is 14.4. The maximum atomic E-state index is 4.39. The third-order valence-electron chi connectivity index (χ3n) is 4.03. The Morgan fingerprint density at radius 2 is 1.70 bits per heavy atom. The van der Waals surface area contributed by atoms with Gasteiger partial charge in [-0.2, -0.15) is 0 Å². The molecule has 0 amide bonds. The summed E-state index contributed by atoms with van der Waals surface area (Å²) in [6.45, 7) is 13.4. The van der Waals surface area contributed by atoms with Crippen LogP contribution in [0.25, 0.3) is 0 Å². The standard InChI is InChI=1S/C18H27N3S2/c1-5-7-16(6-2)8-9-21(12-17-10-19-14(3)22-17)13-18-11-20-15(4)23-18/h5,10-11,16H,1,6-9,12-13H2,2-4H3. The summed E-state index contributed by atoms with van der Waals surface area (Å²) in [4.78, 5) is 14.0. The predicted molar refractivity (Wildman–Crippen MR) is 101 cm³/mol. The van der Waals surface area contributed by atoms with Crippen LogP contribution in [0, 0.1) is 19.8 Å². The summed E-state index contributed by atoms with van der Waals surface area (Å²) in [5, 5.41) is 2.29. The average Bonchev–Trinajstić information content (AvgIpc) is 3.11. The molecule has 2 aromatic rings. The lowest BCUT2D eigenvalue weighted by Gasteiger charge is -2.23. The molecule has 23 heavy (non-hydrogen) atoms. The number of hydrogen-bond acceptors (Lipinski definition) is 5. The number of aryl methyl sites for hydroxylation is 2. The molecule has 0 aliphatic heterocycles. The van der Waals surface area contributed by atoms with Crippen molar-refractivity contribution >= 4 is 22.7 Å². The topological polar surface area (TPSA) is 29.0 Å². The summed E-state index contributed by atoms with van der Waals surface area (Å²) in [7, 11) is 0. The molecule has 0 saturated heterocycles. The number of aromatic nitrogens is 2. The fourth-order valence-electron chi connectivity index (χ4n) is 2.70. The van der Waals surface area contributed by atoms with E-state index in [2.05, 4.69) is 48.3 Å². The number of nitrogens with zero attached hydrogens (tertiary/aromatic N) is 3. The minimum absolute atomic E-state index is 0.737. The average molecular weight is 350 g/mol. The van der Waals surface area contributed by atoms with Crippen LogP contribution in [-0.4, -0.2) is 21.4 Å². The molecule has 2 aromatic heterocycles. The molecule has 0 saturated carbocycles. The zero-order chi connectivity index (χ0) is 16.7. The Balaban J connectivity index is 1.99. The Morgan fingerprint density at radius 3 is 2.09 bits per heavy atom. The predicted octanol–water partition coefficient (Wildman–Crippen LogP) is 5.21. The van der Waals surface area contributed by atoms with Gasteiger partial charge in [0.15, 0.2) is 0 Å². The second-order valence-corrected chi connectivity index (χ2v) is 8.63. The van der Waals surface area contributed by atoms with Gasteiger partial charge in [-0.05, 0) is 39.2 Å². The monoisotopic (exact) mass is 349 g/mol. The summed E-state index contributed by atoms with van der Waals surface area (Å²) < 4.78 is 0. The highest BCUT2D eigenvalue weighted by Crippen LogP contribution is 2.21. The van der Waals surface area contributed by atoms with Crippen molar-refractivity contribution in [3.05, 3.63) is 44.8 Å². The minimum Gasteiger partial charge on any atom is -0.293 e. The summed E-state index contributed by atoms with van der Waals surface area (Å²) in [6.07, 6.45) is 9.65. The Bertz CT molecular complexity index is 561. The number of hydrogen-bond donors (Lipinski definition) is 0. The first-order valence-electron chi connectivity index (χ1n) is 8.26. The van der Waals surface area contributed by atoms with Gasteiger partial charge in [0, 0.05) is 35.2 Å². The Kier molecular flexibility index (Phi) is 7.40. The lowest BCUT2D eigenvalue weighted by atomic mass is 9.98. The first-order valence-corrected chi connectivity index (χ1v) is 9.89. The highest BCUT2D eigenvalue weighted by atomic mass is 32.1. The van der Waals surface area contributed by atoms with Gasteiger partial charge < -0.3 is 0 Å². The summed E-state index contributed by atoms with van der Waals surface area (Å²) in [5.41, 5.74) is 0. The van der Waals surface area contributed by atoms with E-state index in [1.165, 1.54) is 22.6 Å². The van der Waals surface area contributed by atoms with E-state index in [4.69, 9.17) is 0 Å². The maximum absolute atomic E-state index is 4.39. The van der Waals surface area contributed by atoms with Gasteiger partial charge in [0.05, 0.1) is 10.0 Å². The normalized spacial score (nSPS) is 12.7. The van der Waals surface area contributed by atoms with Crippen LogP contribution in [0.15, 0.2) is 25.0 Å². The molecule has 0 aromatic carbocycles. The van der Waals surface area contributed by atoms with Gasteiger partial charge in [0.2, 0.25) is 0 Å². The summed E-state index contributed by atoms with van der Waals surface area (Å²) >= 11 is 3.60. The summed E-state index contributed by atoms with van der Waals surface area (Å²) in [6, 6.07) is 0. The van der Waals surface area contributed by atoms with Gasteiger partial charge in [-0.25, -0.2) is 9.97 Å². The molecule has 0 bridgehead atoms. The molecular weight excluding hydrogens is 322 g/mol. The van der Waals surface area contributed by atoms with Crippen molar-refractivity contribution in [1.82, 2.24) is 14.9 Å². The van der Waals surface area contributed by atoms with Crippen LogP contribution in [0.1, 0.15) is 46.0 Å². The Hall–Kier alpha value is -1.04. The molecule has 0 aliphatic carbocycles. The van der Waals surface area contributed by atoms with Gasteiger partial charge in [-0.1, -0.05) is 19.4 Å². The number of thiazole rings is 2. The van der Waals surface area contributed by atoms with Crippen LogP contribution in [-0.2, 0) is 13.1 Å². The quantitative estimate of drug-likeness (QED) is 0.551. The molecule has 0 radical (unpaired) electrons. The lowest BCUT2D eigenvalue weighted by Crippen LogP contribution is -2.24. The molecule has 0 fully saturated rings. The van der Waals surface area contributed by atoms with Crippen molar-refractivity contribution in [3.63, 3.8) is 0 Å². The number of rotatable bonds is 10. The second kappa shape index (κ2) is 9.30. The van der Waals surface area contributed by atoms with Crippen molar-refractivity contribution in [3.8, 4) is 0 Å². The lowest BCUT2D eigenvalue weighted by molar-refractivity contribution is 0.237. The molecule has 0 N–H and O–H groups in total. The second-order valence-electron chi connectivity index (χ2n) is 5.99. The molecular formula is C18H27N3S2. The molecule has 0 spiro atoms. The largest absolute Gasteiger partial charge is 0.293 e. The van der Waals surface area contributed by atoms with Crippen LogP contribution >= 0.6 is 22.7 Å². The van der Waals surface area contributed by atoms with E-state index < -0.39 is 0 Å². The first kappa shape index (κ1) is 18.3. The van der Waals surface area contributed by atoms with Crippen LogP contribution < -0.4 is 0 Å². The van der Waals surface area contributed by atoms with E-state index in [9.17, 15) is 0 Å². The maximum Gasteiger partial charge on any atom is 0.0897 e. The van der Waals surface area contributed by atoms with Crippen molar-refractivity contribution in [2.75, 3.05) is 6.54 Å². The molecule has 1 atom stereocenters. The van der Waals surface area contributed by atoms with E-state index in [0.717, 1.165) is 42.0 Å². The summed E-state index contributed by atoms with van der Waals surface area (Å²) in [5.74, 6) is 0.737. The van der Waals surface area contributed by atoms with E-state index in [1.807, 2.05) is 12.4 Å². The third-order valence-corrected chi connectivity index (χ3v) is 5.82. The van der Waals surface area contributed by atoms with Crippen LogP contribution in [0.2, 0.25) is 0 Å². The molecule has 5 heteroatoms. The SMILES string of the molecule is C=CCC(CC)CCN(Cc1cnc(C)s1)Cc1cnc(C)s1. The molecule has 2 rings (SSSR count). The van der Waals surface area contributed by atoms with Gasteiger partial charge in [-0.15, -0.1) is 29.3 Å². The van der Waals surface area contributed by atoms with E-state index in [-0.39, 0.29) is 0 Å². The molecule has 126 valence electrons. The fraction of sp³-hybridized carbons (Fsp3) is 0.556. The van der Waals surface area contributed by atoms with E-state index in [0.29, 0.717) is 0 Å². The van der Waals surface area contributed by atoms with Crippen molar-refractivity contribution in [2.45, 2.75) is 53.1 Å². The van der Waals surface area contributed by atoms with Crippen LogP contribution in [0.5, 0.6) is 0 Å². The molecule has 1 unspecified atom stereocenters. The van der Waals surface area contributed by atoms with Crippen LogP contribution in [0.4, 0.5) is 0 Å². The van der Waals surface area contributed by atoms with Gasteiger partial charge in [0.25, 0.3) is 0 Å². The van der Waals surface area contributed by atoms with Crippen molar-refractivity contribution in [2.24, 2.45) is 5.92 Å². The molecule has 3 nitrogen and oxygen atoms in total. The van der Waals surface area contributed by atoms with Crippen molar-refractivity contribution < 1.29 is 0 Å². The number of allylic oxidation sites excluding steroid dienone is 1. The molecule has 0 aliphatic rings. The zero-order valence-corrected chi connectivity index (χ0v) is 16.1.